The van der Waals surface area contributed by atoms with E-state index in [0.29, 0.717) is 11.3 Å². The van der Waals surface area contributed by atoms with Crippen LogP contribution in [-0.4, -0.2) is 5.91 Å². The van der Waals surface area contributed by atoms with E-state index in [1.165, 1.54) is 5.06 Å². The molecule has 0 fully saturated rings. The van der Waals surface area contributed by atoms with E-state index in [1.54, 1.807) is 18.2 Å². The van der Waals surface area contributed by atoms with Crippen molar-refractivity contribution in [2.45, 2.75) is 6.10 Å². The number of anilines is 1. The highest BCUT2D eigenvalue weighted by atomic mass is 16.7. The number of hydrogen-bond acceptors (Lipinski definition) is 2. The molecule has 0 aromatic heterocycles. The van der Waals surface area contributed by atoms with Gasteiger partial charge in [-0.15, -0.1) is 6.58 Å². The third kappa shape index (κ3) is 4.03. The number of hydroxylamine groups is 1. The van der Waals surface area contributed by atoms with Crippen molar-refractivity contribution in [1.82, 2.24) is 0 Å². The van der Waals surface area contributed by atoms with Crippen LogP contribution in [0.5, 0.6) is 0 Å². The Hall–Kier alpha value is -3.17. The number of benzene rings is 3. The van der Waals surface area contributed by atoms with Crippen LogP contribution in [0.15, 0.2) is 104 Å². The largest absolute Gasteiger partial charge is 0.282 e. The molecule has 0 heterocycles. The monoisotopic (exact) mass is 329 g/mol. The minimum Gasteiger partial charge on any atom is -0.266 e. The second kappa shape index (κ2) is 8.08. The van der Waals surface area contributed by atoms with E-state index in [1.807, 2.05) is 78.9 Å². The summed E-state index contributed by atoms with van der Waals surface area (Å²) >= 11 is 0. The molecule has 1 amide bonds. The standard InChI is InChI=1S/C22H19NO2/c1-2-21(18-12-6-3-7-13-18)25-23(20-16-10-5-11-17-20)22(24)19-14-8-4-9-15-19/h2-17,21H,1H2. The van der Waals surface area contributed by atoms with E-state index in [4.69, 9.17) is 4.84 Å². The van der Waals surface area contributed by atoms with Crippen molar-refractivity contribution in [2.75, 3.05) is 5.06 Å². The van der Waals surface area contributed by atoms with Gasteiger partial charge in [0.05, 0.1) is 5.69 Å². The first-order valence-corrected chi connectivity index (χ1v) is 8.08. The average molecular weight is 329 g/mol. The van der Waals surface area contributed by atoms with Crippen LogP contribution in [0.3, 0.4) is 0 Å². The fraction of sp³-hybridized carbons (Fsp3) is 0.0455. The third-order valence-electron chi connectivity index (χ3n) is 3.76. The minimum absolute atomic E-state index is 0.227. The maximum absolute atomic E-state index is 13.0. The van der Waals surface area contributed by atoms with Crippen LogP contribution in [0, 0.1) is 0 Å². The lowest BCUT2D eigenvalue weighted by molar-refractivity contribution is 0.0453. The number of carbonyl (C=O) groups is 1. The summed E-state index contributed by atoms with van der Waals surface area (Å²) in [5, 5.41) is 1.33. The summed E-state index contributed by atoms with van der Waals surface area (Å²) in [7, 11) is 0. The molecule has 3 aromatic rings. The van der Waals surface area contributed by atoms with Gasteiger partial charge < -0.3 is 0 Å². The topological polar surface area (TPSA) is 29.5 Å². The number of nitrogens with zero attached hydrogens (tertiary/aromatic N) is 1. The third-order valence-corrected chi connectivity index (χ3v) is 3.76. The summed E-state index contributed by atoms with van der Waals surface area (Å²) in [6, 6.07) is 28.1. The molecule has 124 valence electrons. The molecule has 0 bridgehead atoms. The van der Waals surface area contributed by atoms with Gasteiger partial charge in [0.1, 0.15) is 6.10 Å². The molecular weight excluding hydrogens is 310 g/mol. The Morgan fingerprint density at radius 1 is 0.840 bits per heavy atom. The first kappa shape index (κ1) is 16.7. The maximum Gasteiger partial charge on any atom is 0.282 e. The van der Waals surface area contributed by atoms with E-state index >= 15 is 0 Å². The fourth-order valence-electron chi connectivity index (χ4n) is 2.48. The molecule has 0 radical (unpaired) electrons. The highest BCUT2D eigenvalue weighted by Crippen LogP contribution is 2.25. The second-order valence-electron chi connectivity index (χ2n) is 5.47. The molecule has 0 saturated heterocycles. The molecule has 0 aliphatic rings. The van der Waals surface area contributed by atoms with Crippen LogP contribution in [0.4, 0.5) is 5.69 Å². The van der Waals surface area contributed by atoms with Gasteiger partial charge in [-0.05, 0) is 29.8 Å². The van der Waals surface area contributed by atoms with E-state index in [-0.39, 0.29) is 5.91 Å². The molecule has 3 heteroatoms. The number of carbonyl (C=O) groups excluding carboxylic acids is 1. The molecule has 3 aromatic carbocycles. The zero-order valence-corrected chi connectivity index (χ0v) is 13.8. The first-order valence-electron chi connectivity index (χ1n) is 8.08. The van der Waals surface area contributed by atoms with Crippen molar-refractivity contribution in [3.05, 3.63) is 115 Å². The van der Waals surface area contributed by atoms with Crippen molar-refractivity contribution in [2.24, 2.45) is 0 Å². The summed E-state index contributed by atoms with van der Waals surface area (Å²) in [5.41, 5.74) is 2.15. The lowest BCUT2D eigenvalue weighted by Crippen LogP contribution is -2.32. The Labute approximate surface area is 147 Å². The van der Waals surface area contributed by atoms with Gasteiger partial charge in [-0.25, -0.2) is 0 Å². The molecule has 0 N–H and O–H groups in total. The summed E-state index contributed by atoms with van der Waals surface area (Å²) in [5.74, 6) is -0.227. The quantitative estimate of drug-likeness (QED) is 0.460. The summed E-state index contributed by atoms with van der Waals surface area (Å²) in [6.45, 7) is 3.85. The van der Waals surface area contributed by atoms with Crippen molar-refractivity contribution in [3.8, 4) is 0 Å². The van der Waals surface area contributed by atoms with Gasteiger partial charge in [-0.2, -0.15) is 5.06 Å². The second-order valence-corrected chi connectivity index (χ2v) is 5.47. The zero-order chi connectivity index (χ0) is 17.5. The normalized spacial score (nSPS) is 11.5. The fourth-order valence-corrected chi connectivity index (χ4v) is 2.48. The Kier molecular flexibility index (Phi) is 5.39. The van der Waals surface area contributed by atoms with Gasteiger partial charge in [0, 0.05) is 5.56 Å². The minimum atomic E-state index is -0.436. The molecule has 0 saturated carbocycles. The lowest BCUT2D eigenvalue weighted by Gasteiger charge is -2.26. The highest BCUT2D eigenvalue weighted by Gasteiger charge is 2.22. The zero-order valence-electron chi connectivity index (χ0n) is 13.8. The Morgan fingerprint density at radius 2 is 1.36 bits per heavy atom. The van der Waals surface area contributed by atoms with E-state index in [2.05, 4.69) is 6.58 Å². The number of rotatable bonds is 6. The predicted octanol–water partition coefficient (Wildman–Crippen LogP) is 5.19. The van der Waals surface area contributed by atoms with Gasteiger partial charge in [-0.3, -0.25) is 9.63 Å². The average Bonchev–Trinajstić information content (AvgIpc) is 2.70. The van der Waals surface area contributed by atoms with Gasteiger partial charge in [0.25, 0.3) is 5.91 Å². The Balaban J connectivity index is 1.94. The number of para-hydroxylation sites is 1. The van der Waals surface area contributed by atoms with Gasteiger partial charge >= 0.3 is 0 Å². The van der Waals surface area contributed by atoms with Crippen molar-refractivity contribution in [1.29, 1.82) is 0 Å². The van der Waals surface area contributed by atoms with Gasteiger partial charge in [-0.1, -0.05) is 72.8 Å². The molecule has 0 aliphatic heterocycles. The SMILES string of the molecule is C=CC(ON(C(=O)c1ccccc1)c1ccccc1)c1ccccc1. The lowest BCUT2D eigenvalue weighted by atomic mass is 10.1. The van der Waals surface area contributed by atoms with E-state index < -0.39 is 6.10 Å². The van der Waals surface area contributed by atoms with Crippen LogP contribution >= 0.6 is 0 Å². The molecule has 0 aliphatic carbocycles. The van der Waals surface area contributed by atoms with E-state index in [0.717, 1.165) is 5.56 Å². The Morgan fingerprint density at radius 3 is 1.92 bits per heavy atom. The molecule has 3 nitrogen and oxygen atoms in total. The summed E-state index contributed by atoms with van der Waals surface area (Å²) < 4.78 is 0. The molecule has 1 atom stereocenters. The number of amides is 1. The predicted molar refractivity (Wildman–Crippen MR) is 100 cm³/mol. The van der Waals surface area contributed by atoms with Crippen molar-refractivity contribution >= 4 is 11.6 Å². The highest BCUT2D eigenvalue weighted by molar-refractivity contribution is 6.04. The van der Waals surface area contributed by atoms with Crippen molar-refractivity contribution < 1.29 is 9.63 Å². The van der Waals surface area contributed by atoms with Crippen molar-refractivity contribution in [3.63, 3.8) is 0 Å². The van der Waals surface area contributed by atoms with Crippen LogP contribution in [0.25, 0.3) is 0 Å². The van der Waals surface area contributed by atoms with Crippen LogP contribution in [0.1, 0.15) is 22.0 Å². The van der Waals surface area contributed by atoms with Gasteiger partial charge in [0.15, 0.2) is 0 Å². The maximum atomic E-state index is 13.0. The molecular formula is C22H19NO2. The van der Waals surface area contributed by atoms with Crippen LogP contribution in [0.2, 0.25) is 0 Å². The Bertz CT molecular complexity index is 816. The summed E-state index contributed by atoms with van der Waals surface area (Å²) in [4.78, 5) is 19.0. The summed E-state index contributed by atoms with van der Waals surface area (Å²) in [6.07, 6.45) is 1.25. The van der Waals surface area contributed by atoms with Crippen LogP contribution < -0.4 is 5.06 Å². The molecule has 0 spiro atoms. The van der Waals surface area contributed by atoms with Gasteiger partial charge in [0.2, 0.25) is 0 Å². The van der Waals surface area contributed by atoms with Crippen LogP contribution in [-0.2, 0) is 4.84 Å². The molecule has 1 unspecified atom stereocenters. The molecule has 25 heavy (non-hydrogen) atoms. The molecule has 3 rings (SSSR count). The number of hydrogen-bond donors (Lipinski definition) is 0. The first-order chi connectivity index (χ1) is 12.3. The smallest absolute Gasteiger partial charge is 0.266 e. The van der Waals surface area contributed by atoms with E-state index in [9.17, 15) is 4.79 Å².